The van der Waals surface area contributed by atoms with Crippen LogP contribution in [0.5, 0.6) is 0 Å². The van der Waals surface area contributed by atoms with Crippen LogP contribution in [-0.2, 0) is 9.53 Å². The Morgan fingerprint density at radius 1 is 1.33 bits per heavy atom. The first-order valence-corrected chi connectivity index (χ1v) is 4.46. The highest BCUT2D eigenvalue weighted by Crippen LogP contribution is 2.24. The first-order chi connectivity index (χ1) is 5.60. The van der Waals surface area contributed by atoms with E-state index in [4.69, 9.17) is 9.84 Å². The van der Waals surface area contributed by atoms with Gasteiger partial charge in [-0.15, -0.1) is 0 Å². The van der Waals surface area contributed by atoms with E-state index in [2.05, 4.69) is 0 Å². The summed E-state index contributed by atoms with van der Waals surface area (Å²) in [7, 11) is 0. The van der Waals surface area contributed by atoms with E-state index < -0.39 is 11.6 Å². The Morgan fingerprint density at radius 3 is 2.08 bits per heavy atom. The summed E-state index contributed by atoms with van der Waals surface area (Å²) in [6.45, 7) is 6.39. The third kappa shape index (κ3) is 3.22. The maximum absolute atomic E-state index is 10.5. The van der Waals surface area contributed by atoms with E-state index in [0.717, 1.165) is 12.8 Å². The maximum Gasteiger partial charge on any atom is 0.306 e. The third-order valence-corrected chi connectivity index (χ3v) is 2.21. The lowest BCUT2D eigenvalue weighted by Crippen LogP contribution is -2.33. The lowest BCUT2D eigenvalue weighted by Gasteiger charge is -2.29. The van der Waals surface area contributed by atoms with Gasteiger partial charge in [-0.05, 0) is 19.8 Å². The number of carbonyl (C=O) groups is 1. The van der Waals surface area contributed by atoms with Gasteiger partial charge in [-0.3, -0.25) is 4.79 Å². The summed E-state index contributed by atoms with van der Waals surface area (Å²) in [5, 5.41) is 8.66. The zero-order valence-electron chi connectivity index (χ0n) is 8.09. The average Bonchev–Trinajstić information content (AvgIpc) is 2.03. The second-order valence-corrected chi connectivity index (χ2v) is 2.89. The standard InChI is InChI=1S/C9H18O3/c1-4-9(5-2,12-6-3)7-8(10)11/h4-7H2,1-3H3,(H,10,11). The van der Waals surface area contributed by atoms with Gasteiger partial charge >= 0.3 is 5.97 Å². The van der Waals surface area contributed by atoms with Gasteiger partial charge in [0.15, 0.2) is 0 Å². The van der Waals surface area contributed by atoms with Gasteiger partial charge in [-0.1, -0.05) is 13.8 Å². The van der Waals surface area contributed by atoms with Crippen molar-refractivity contribution in [3.8, 4) is 0 Å². The molecular formula is C9H18O3. The Balaban J connectivity index is 4.23. The molecule has 0 heterocycles. The number of ether oxygens (including phenoxy) is 1. The topological polar surface area (TPSA) is 46.5 Å². The Hall–Kier alpha value is -0.570. The van der Waals surface area contributed by atoms with Crippen molar-refractivity contribution in [2.24, 2.45) is 0 Å². The van der Waals surface area contributed by atoms with Crippen molar-refractivity contribution in [1.29, 1.82) is 0 Å². The minimum Gasteiger partial charge on any atom is -0.481 e. The van der Waals surface area contributed by atoms with Gasteiger partial charge in [0.1, 0.15) is 0 Å². The van der Waals surface area contributed by atoms with Gasteiger partial charge in [0.2, 0.25) is 0 Å². The molecule has 0 rings (SSSR count). The van der Waals surface area contributed by atoms with E-state index in [1.165, 1.54) is 0 Å². The summed E-state index contributed by atoms with van der Waals surface area (Å²) in [5.74, 6) is -0.785. The number of hydrogen-bond acceptors (Lipinski definition) is 2. The van der Waals surface area contributed by atoms with Gasteiger partial charge < -0.3 is 9.84 Å². The molecule has 72 valence electrons. The Morgan fingerprint density at radius 2 is 1.83 bits per heavy atom. The van der Waals surface area contributed by atoms with Gasteiger partial charge in [0.05, 0.1) is 12.0 Å². The second-order valence-electron chi connectivity index (χ2n) is 2.89. The molecule has 0 saturated carbocycles. The van der Waals surface area contributed by atoms with Crippen LogP contribution in [0.1, 0.15) is 40.0 Å². The Kier molecular flexibility index (Phi) is 4.90. The van der Waals surface area contributed by atoms with Crippen LogP contribution in [0, 0.1) is 0 Å². The number of hydrogen-bond donors (Lipinski definition) is 1. The van der Waals surface area contributed by atoms with Gasteiger partial charge in [0.25, 0.3) is 0 Å². The van der Waals surface area contributed by atoms with E-state index in [9.17, 15) is 4.79 Å². The molecule has 12 heavy (non-hydrogen) atoms. The molecule has 0 aromatic carbocycles. The number of rotatable bonds is 6. The lowest BCUT2D eigenvalue weighted by molar-refractivity contribution is -0.146. The quantitative estimate of drug-likeness (QED) is 0.670. The molecule has 0 aliphatic carbocycles. The molecule has 0 atom stereocenters. The Bertz CT molecular complexity index is 139. The van der Waals surface area contributed by atoms with Crippen LogP contribution in [0.15, 0.2) is 0 Å². The van der Waals surface area contributed by atoms with Crippen molar-refractivity contribution >= 4 is 5.97 Å². The van der Waals surface area contributed by atoms with Crippen molar-refractivity contribution in [3.05, 3.63) is 0 Å². The van der Waals surface area contributed by atoms with Crippen LogP contribution in [0.4, 0.5) is 0 Å². The molecule has 0 saturated heterocycles. The lowest BCUT2D eigenvalue weighted by atomic mass is 9.93. The molecule has 0 amide bonds. The molecule has 0 spiro atoms. The van der Waals surface area contributed by atoms with Crippen LogP contribution < -0.4 is 0 Å². The molecule has 0 fully saturated rings. The zero-order valence-corrected chi connectivity index (χ0v) is 8.09. The second kappa shape index (κ2) is 5.14. The normalized spacial score (nSPS) is 11.6. The van der Waals surface area contributed by atoms with Crippen molar-refractivity contribution in [2.45, 2.75) is 45.6 Å². The fourth-order valence-corrected chi connectivity index (χ4v) is 1.34. The molecule has 0 radical (unpaired) electrons. The summed E-state index contributed by atoms with van der Waals surface area (Å²) in [5.41, 5.74) is -0.444. The molecule has 0 aromatic heterocycles. The molecule has 0 bridgehead atoms. The van der Waals surface area contributed by atoms with Crippen LogP contribution in [0.3, 0.4) is 0 Å². The largest absolute Gasteiger partial charge is 0.481 e. The number of carboxylic acid groups (broad SMARTS) is 1. The fraction of sp³-hybridized carbons (Fsp3) is 0.889. The monoisotopic (exact) mass is 174 g/mol. The molecule has 0 aliphatic rings. The smallest absolute Gasteiger partial charge is 0.306 e. The van der Waals surface area contributed by atoms with Crippen molar-refractivity contribution < 1.29 is 14.6 Å². The van der Waals surface area contributed by atoms with Crippen molar-refractivity contribution in [2.75, 3.05) is 6.61 Å². The summed E-state index contributed by atoms with van der Waals surface area (Å²) < 4.78 is 5.46. The zero-order chi connectivity index (χ0) is 9.61. The van der Waals surface area contributed by atoms with Gasteiger partial charge in [-0.25, -0.2) is 0 Å². The van der Waals surface area contributed by atoms with E-state index >= 15 is 0 Å². The van der Waals surface area contributed by atoms with Gasteiger partial charge in [-0.2, -0.15) is 0 Å². The van der Waals surface area contributed by atoms with Crippen LogP contribution >= 0.6 is 0 Å². The summed E-state index contributed by atoms with van der Waals surface area (Å²) >= 11 is 0. The maximum atomic E-state index is 10.5. The average molecular weight is 174 g/mol. The summed E-state index contributed by atoms with van der Waals surface area (Å²) in [4.78, 5) is 10.5. The number of aliphatic carboxylic acids is 1. The SMILES string of the molecule is CCOC(CC)(CC)CC(=O)O. The molecule has 3 nitrogen and oxygen atoms in total. The molecule has 0 unspecified atom stereocenters. The van der Waals surface area contributed by atoms with E-state index in [0.29, 0.717) is 6.61 Å². The van der Waals surface area contributed by atoms with Crippen LogP contribution in [-0.4, -0.2) is 23.3 Å². The first-order valence-electron chi connectivity index (χ1n) is 4.46. The van der Waals surface area contributed by atoms with E-state index in [1.54, 1.807) is 0 Å². The minimum atomic E-state index is -0.785. The predicted molar refractivity (Wildman–Crippen MR) is 47.2 cm³/mol. The van der Waals surface area contributed by atoms with E-state index in [1.807, 2.05) is 20.8 Å². The first kappa shape index (κ1) is 11.4. The minimum absolute atomic E-state index is 0.105. The van der Waals surface area contributed by atoms with Crippen LogP contribution in [0.2, 0.25) is 0 Å². The Labute approximate surface area is 73.7 Å². The number of carboxylic acids is 1. The van der Waals surface area contributed by atoms with Gasteiger partial charge in [0, 0.05) is 6.61 Å². The fourth-order valence-electron chi connectivity index (χ4n) is 1.34. The molecular weight excluding hydrogens is 156 g/mol. The van der Waals surface area contributed by atoms with Crippen LogP contribution in [0.25, 0.3) is 0 Å². The summed E-state index contributed by atoms with van der Waals surface area (Å²) in [6, 6.07) is 0. The summed E-state index contributed by atoms with van der Waals surface area (Å²) in [6.07, 6.45) is 1.61. The highest BCUT2D eigenvalue weighted by Gasteiger charge is 2.29. The third-order valence-electron chi connectivity index (χ3n) is 2.21. The molecule has 3 heteroatoms. The molecule has 0 aromatic rings. The van der Waals surface area contributed by atoms with Crippen molar-refractivity contribution in [3.63, 3.8) is 0 Å². The predicted octanol–water partition coefficient (Wildman–Crippen LogP) is 2.06. The highest BCUT2D eigenvalue weighted by atomic mass is 16.5. The highest BCUT2D eigenvalue weighted by molar-refractivity contribution is 5.68. The molecule has 1 N–H and O–H groups in total. The molecule has 0 aliphatic heterocycles. The van der Waals surface area contributed by atoms with Crippen molar-refractivity contribution in [1.82, 2.24) is 0 Å². The van der Waals surface area contributed by atoms with E-state index in [-0.39, 0.29) is 6.42 Å².